The average molecular weight is 276 g/mol. The molecule has 0 aliphatic heterocycles. The molecule has 0 aliphatic rings. The molecule has 0 radical (unpaired) electrons. The topological polar surface area (TPSA) is 55.0 Å². The molecule has 100 valence electrons. The van der Waals surface area contributed by atoms with Gasteiger partial charge in [0, 0.05) is 5.75 Å². The van der Waals surface area contributed by atoms with E-state index in [0.717, 1.165) is 6.08 Å². The Bertz CT molecular complexity index is 442. The number of nitrogens with one attached hydrogen (secondary N) is 1. The quantitative estimate of drug-likeness (QED) is 0.492. The largest absolute Gasteiger partial charge is 0.462 e. The van der Waals surface area contributed by atoms with Crippen molar-refractivity contribution in [2.24, 2.45) is 0 Å². The number of hydrogen-bond donors (Lipinski definition) is 1. The molecule has 0 fully saturated rings. The molecule has 4 nitrogen and oxygen atoms in total. The van der Waals surface area contributed by atoms with E-state index in [1.807, 2.05) is 0 Å². The standard InChI is InChI=1S/C11H14F2N2O2S/c1-3-17-11(16)9-7(2)14-15-10(9)18-6-4-5-8(12)13/h5H,3-4,6H2,1-2H3,(H,14,15). The molecule has 1 N–H and O–H groups in total. The van der Waals surface area contributed by atoms with Gasteiger partial charge in [-0.1, -0.05) is 0 Å². The highest BCUT2D eigenvalue weighted by Crippen LogP contribution is 2.24. The Labute approximate surface area is 108 Å². The molecule has 0 atom stereocenters. The number of halogens is 2. The molecule has 1 aromatic rings. The van der Waals surface area contributed by atoms with E-state index in [1.54, 1.807) is 13.8 Å². The van der Waals surface area contributed by atoms with Gasteiger partial charge in [-0.15, -0.1) is 11.8 Å². The minimum Gasteiger partial charge on any atom is -0.462 e. The molecular formula is C11H14F2N2O2S. The van der Waals surface area contributed by atoms with Crippen LogP contribution in [0.1, 0.15) is 29.4 Å². The molecular weight excluding hydrogens is 262 g/mol. The Morgan fingerprint density at radius 1 is 1.56 bits per heavy atom. The zero-order chi connectivity index (χ0) is 13.5. The fourth-order valence-electron chi connectivity index (χ4n) is 1.29. The highest BCUT2D eigenvalue weighted by molar-refractivity contribution is 7.99. The van der Waals surface area contributed by atoms with Crippen LogP contribution < -0.4 is 0 Å². The fraction of sp³-hybridized carbons (Fsp3) is 0.455. The number of aryl methyl sites for hydroxylation is 1. The predicted octanol–water partition coefficient (Wildman–Crippen LogP) is 3.16. The van der Waals surface area contributed by atoms with Gasteiger partial charge in [0.15, 0.2) is 0 Å². The summed E-state index contributed by atoms with van der Waals surface area (Å²) in [5.74, 6) is -0.00998. The summed E-state index contributed by atoms with van der Waals surface area (Å²) in [6.45, 7) is 3.69. The second-order valence-corrected chi connectivity index (χ2v) is 4.47. The third kappa shape index (κ3) is 4.14. The molecule has 1 rings (SSSR count). The van der Waals surface area contributed by atoms with Gasteiger partial charge in [-0.3, -0.25) is 5.10 Å². The summed E-state index contributed by atoms with van der Waals surface area (Å²) in [5, 5.41) is 7.18. The van der Waals surface area contributed by atoms with Crippen molar-refractivity contribution in [2.75, 3.05) is 12.4 Å². The highest BCUT2D eigenvalue weighted by atomic mass is 32.2. The normalized spacial score (nSPS) is 10.2. The SMILES string of the molecule is CCOC(=O)c1c(C)n[nH]c1SCCC=C(F)F. The molecule has 18 heavy (non-hydrogen) atoms. The van der Waals surface area contributed by atoms with Gasteiger partial charge in [-0.2, -0.15) is 13.9 Å². The number of aromatic nitrogens is 2. The van der Waals surface area contributed by atoms with Crippen LogP contribution in [-0.2, 0) is 4.74 Å². The van der Waals surface area contributed by atoms with Gasteiger partial charge in [0.1, 0.15) is 10.6 Å². The third-order valence-electron chi connectivity index (χ3n) is 2.06. The second kappa shape index (κ2) is 7.15. The Morgan fingerprint density at radius 2 is 2.28 bits per heavy atom. The smallest absolute Gasteiger partial charge is 0.342 e. The molecule has 0 unspecified atom stereocenters. The number of thioether (sulfide) groups is 1. The van der Waals surface area contributed by atoms with Gasteiger partial charge < -0.3 is 4.74 Å². The van der Waals surface area contributed by atoms with Crippen LogP contribution in [0.15, 0.2) is 17.2 Å². The minimum atomic E-state index is -1.69. The first-order valence-corrected chi connectivity index (χ1v) is 6.40. The number of esters is 1. The molecule has 1 aromatic heterocycles. The van der Waals surface area contributed by atoms with E-state index in [1.165, 1.54) is 11.8 Å². The van der Waals surface area contributed by atoms with Crippen molar-refractivity contribution < 1.29 is 18.3 Å². The van der Waals surface area contributed by atoms with Crippen LogP contribution in [0.5, 0.6) is 0 Å². The summed E-state index contributed by atoms with van der Waals surface area (Å²) < 4.78 is 28.6. The molecule has 0 spiro atoms. The summed E-state index contributed by atoms with van der Waals surface area (Å²) in [7, 11) is 0. The van der Waals surface area contributed by atoms with Crippen molar-refractivity contribution >= 4 is 17.7 Å². The molecule has 1 heterocycles. The lowest BCUT2D eigenvalue weighted by Gasteiger charge is -2.03. The van der Waals surface area contributed by atoms with Crippen molar-refractivity contribution in [3.8, 4) is 0 Å². The maximum atomic E-state index is 11.8. The van der Waals surface area contributed by atoms with Crippen LogP contribution in [0.4, 0.5) is 8.78 Å². The van der Waals surface area contributed by atoms with Crippen molar-refractivity contribution in [1.82, 2.24) is 10.2 Å². The highest BCUT2D eigenvalue weighted by Gasteiger charge is 2.19. The number of H-pyrrole nitrogens is 1. The Morgan fingerprint density at radius 3 is 2.89 bits per heavy atom. The van der Waals surface area contributed by atoms with Crippen LogP contribution in [0.2, 0.25) is 0 Å². The monoisotopic (exact) mass is 276 g/mol. The van der Waals surface area contributed by atoms with Gasteiger partial charge in [0.2, 0.25) is 0 Å². The number of rotatable bonds is 6. The van der Waals surface area contributed by atoms with Crippen LogP contribution in [0.3, 0.4) is 0 Å². The Balaban J connectivity index is 2.66. The first-order chi connectivity index (χ1) is 8.56. The predicted molar refractivity (Wildman–Crippen MR) is 64.9 cm³/mol. The molecule has 0 saturated carbocycles. The van der Waals surface area contributed by atoms with Crippen LogP contribution >= 0.6 is 11.8 Å². The lowest BCUT2D eigenvalue weighted by molar-refractivity contribution is 0.0521. The van der Waals surface area contributed by atoms with Gasteiger partial charge >= 0.3 is 5.97 Å². The number of ether oxygens (including phenoxy) is 1. The molecule has 7 heteroatoms. The van der Waals surface area contributed by atoms with E-state index in [-0.39, 0.29) is 13.0 Å². The van der Waals surface area contributed by atoms with E-state index >= 15 is 0 Å². The number of carbonyl (C=O) groups excluding carboxylic acids is 1. The van der Waals surface area contributed by atoms with E-state index in [9.17, 15) is 13.6 Å². The van der Waals surface area contributed by atoms with Gasteiger partial charge in [0.05, 0.1) is 12.3 Å². The lowest BCUT2D eigenvalue weighted by atomic mass is 10.3. The van der Waals surface area contributed by atoms with E-state index in [4.69, 9.17) is 4.74 Å². The zero-order valence-electron chi connectivity index (χ0n) is 10.1. The fourth-order valence-corrected chi connectivity index (χ4v) is 2.21. The maximum Gasteiger partial charge on any atom is 0.342 e. The van der Waals surface area contributed by atoms with E-state index in [0.29, 0.717) is 22.0 Å². The molecule has 0 aromatic carbocycles. The first-order valence-electron chi connectivity index (χ1n) is 5.42. The summed E-state index contributed by atoms with van der Waals surface area (Å²) in [6, 6.07) is 0. The van der Waals surface area contributed by atoms with Crippen LogP contribution in [-0.4, -0.2) is 28.5 Å². The van der Waals surface area contributed by atoms with Gasteiger partial charge in [0.25, 0.3) is 6.08 Å². The number of nitrogens with zero attached hydrogens (tertiary/aromatic N) is 1. The van der Waals surface area contributed by atoms with Crippen molar-refractivity contribution in [1.29, 1.82) is 0 Å². The van der Waals surface area contributed by atoms with Crippen LogP contribution in [0.25, 0.3) is 0 Å². The average Bonchev–Trinajstić information content (AvgIpc) is 2.66. The first kappa shape index (κ1) is 14.7. The summed E-state index contributed by atoms with van der Waals surface area (Å²) in [5.41, 5.74) is 0.926. The van der Waals surface area contributed by atoms with E-state index in [2.05, 4.69) is 10.2 Å². The van der Waals surface area contributed by atoms with Crippen molar-refractivity contribution in [3.05, 3.63) is 23.4 Å². The van der Waals surface area contributed by atoms with Crippen LogP contribution in [0, 0.1) is 6.92 Å². The Hall–Kier alpha value is -1.37. The van der Waals surface area contributed by atoms with Gasteiger partial charge in [-0.25, -0.2) is 4.79 Å². The summed E-state index contributed by atoms with van der Waals surface area (Å²) in [6.07, 6.45) is -0.616. The zero-order valence-corrected chi connectivity index (χ0v) is 10.9. The molecule has 0 amide bonds. The lowest BCUT2D eigenvalue weighted by Crippen LogP contribution is -2.06. The molecule has 0 saturated heterocycles. The molecule has 0 bridgehead atoms. The number of hydrogen-bond acceptors (Lipinski definition) is 4. The van der Waals surface area contributed by atoms with Gasteiger partial charge in [-0.05, 0) is 26.3 Å². The minimum absolute atomic E-state index is 0.229. The number of carbonyl (C=O) groups is 1. The Kier molecular flexibility index (Phi) is 5.84. The van der Waals surface area contributed by atoms with Crippen molar-refractivity contribution in [2.45, 2.75) is 25.3 Å². The molecule has 0 aliphatic carbocycles. The summed E-state index contributed by atoms with van der Waals surface area (Å²) in [4.78, 5) is 11.7. The number of aromatic amines is 1. The van der Waals surface area contributed by atoms with Crippen molar-refractivity contribution in [3.63, 3.8) is 0 Å². The maximum absolute atomic E-state index is 11.8. The second-order valence-electron chi connectivity index (χ2n) is 3.36. The summed E-state index contributed by atoms with van der Waals surface area (Å²) >= 11 is 1.27. The third-order valence-corrected chi connectivity index (χ3v) is 3.08. The number of allylic oxidation sites excluding steroid dienone is 1. The van der Waals surface area contributed by atoms with E-state index < -0.39 is 12.0 Å².